The van der Waals surface area contributed by atoms with Crippen LogP contribution in [0.15, 0.2) is 109 Å². The molecular formula is C67H88N14O19S3. The Morgan fingerprint density at radius 1 is 0.408 bits per heavy atom. The Hall–Kier alpha value is -10.5. The van der Waals surface area contributed by atoms with E-state index >= 15 is 0 Å². The number of rotatable bonds is 43. The van der Waals surface area contributed by atoms with Gasteiger partial charge in [-0.15, -0.1) is 0 Å². The molecule has 103 heavy (non-hydrogen) atoms. The molecule has 0 heterocycles. The smallest absolute Gasteiger partial charge is 0.305 e. The first-order chi connectivity index (χ1) is 48.8. The Morgan fingerprint density at radius 3 is 1.13 bits per heavy atom. The van der Waals surface area contributed by atoms with Gasteiger partial charge in [-0.1, -0.05) is 98.8 Å². The zero-order chi connectivity index (χ0) is 76.5. The number of primary amides is 1. The lowest BCUT2D eigenvalue weighted by molar-refractivity contribution is -0.142. The third kappa shape index (κ3) is 29.9. The van der Waals surface area contributed by atoms with Crippen molar-refractivity contribution in [1.29, 1.82) is 0 Å². The third-order valence-electron chi connectivity index (χ3n) is 15.4. The lowest BCUT2D eigenvalue weighted by Crippen LogP contribution is -2.61. The Morgan fingerprint density at radius 2 is 0.738 bits per heavy atom. The number of hydrogen-bond acceptors (Lipinski definition) is 21. The second-order valence-electron chi connectivity index (χ2n) is 23.9. The van der Waals surface area contributed by atoms with Gasteiger partial charge in [0.1, 0.15) is 78.0 Å². The second kappa shape index (κ2) is 43.4. The normalized spacial score (nSPS) is 14.1. The summed E-state index contributed by atoms with van der Waals surface area (Å²) < 4.78 is 0. The van der Waals surface area contributed by atoms with Crippen molar-refractivity contribution in [3.63, 3.8) is 0 Å². The summed E-state index contributed by atoms with van der Waals surface area (Å²) in [6, 6.07) is 10.9. The van der Waals surface area contributed by atoms with Crippen molar-refractivity contribution < 1.29 is 92.3 Å². The summed E-state index contributed by atoms with van der Waals surface area (Å²) in [5.41, 5.74) is 12.8. The number of phenols is 2. The summed E-state index contributed by atoms with van der Waals surface area (Å²) in [5, 5.41) is 68.7. The van der Waals surface area contributed by atoms with E-state index in [0.29, 0.717) is 22.3 Å². The number of aromatic hydroxyl groups is 2. The number of nitrogens with one attached hydrogen (secondary N) is 12. The molecule has 0 aliphatic rings. The Kier molecular flexibility index (Phi) is 35.8. The summed E-state index contributed by atoms with van der Waals surface area (Å²) in [6.07, 6.45) is -1.20. The van der Waals surface area contributed by atoms with E-state index in [1.165, 1.54) is 67.2 Å². The first-order valence-corrected chi connectivity index (χ1v) is 34.9. The highest BCUT2D eigenvalue weighted by molar-refractivity contribution is 7.98. The van der Waals surface area contributed by atoms with E-state index in [4.69, 9.17) is 11.5 Å². The van der Waals surface area contributed by atoms with E-state index in [1.54, 1.807) is 80.8 Å². The van der Waals surface area contributed by atoms with E-state index < -0.39 is 193 Å². The molecule has 0 saturated heterocycles. The van der Waals surface area contributed by atoms with Crippen molar-refractivity contribution in [1.82, 2.24) is 63.8 Å². The standard InChI is InChI=1S/C67H88N14O19S3/c1-35(2)56(57(69)90)81-65(98)49(30-55(88)89)78-60(93)43(23-24-103-4)74-64(97)47(28-40-17-21-42(83)22-18-40)76-66(99)50(33-101)79-58(91)36(3)71-61(94)46(27-39-15-19-41(82)20-16-39)75-62(95)45(26-38-13-9-6-10-14-38)73-53(85)32-70-59(92)48(29-54(86)87)77-67(100)51(34-102)80-63(96)44(72-52(84)31-68)25-37-11-7-5-8-12-37/h5-22,35-36,43-51,56,82-83,101-102H,23-34,68H2,1-4H3,(H2,69,90)(H,70,92)(H,71,94)(H,72,84)(H,73,85)(H,74,97)(H,75,95)(H,76,99)(H,77,100)(H,78,93)(H,79,91)(H,80,96)(H,81,98)(H,86,87)(H,88,89)/t36-,43-,44-,45-,46-,47-,48-,49-,50-,51-,56-/m0/s1. The number of phenolic OH excluding ortho intramolecular Hbond substituents is 2. The molecule has 0 fully saturated rings. The summed E-state index contributed by atoms with van der Waals surface area (Å²) in [7, 11) is 0. The first kappa shape index (κ1) is 85.0. The van der Waals surface area contributed by atoms with E-state index in [-0.39, 0.29) is 55.1 Å². The molecule has 13 amide bonds. The van der Waals surface area contributed by atoms with Gasteiger partial charge in [-0.2, -0.15) is 37.0 Å². The van der Waals surface area contributed by atoms with Crippen molar-refractivity contribution in [3.05, 3.63) is 131 Å². The van der Waals surface area contributed by atoms with Crippen LogP contribution in [0.3, 0.4) is 0 Å². The van der Waals surface area contributed by atoms with Crippen LogP contribution in [-0.2, 0) is 97.6 Å². The SMILES string of the molecule is CSCC[C@H](NC(=O)[C@H](Cc1ccc(O)cc1)NC(=O)[C@H](CS)NC(=O)[C@H](C)NC(=O)[C@H](Cc1ccc(O)cc1)NC(=O)[C@H](Cc1ccccc1)NC(=O)CNC(=O)[C@H](CC(=O)O)NC(=O)[C@H](CS)NC(=O)[C@H](Cc1ccccc1)NC(=O)CN)C(=O)N[C@@H](CC(=O)O)C(=O)N[C@H](C(N)=O)C(C)C. The fourth-order valence-electron chi connectivity index (χ4n) is 9.85. The van der Waals surface area contributed by atoms with Gasteiger partial charge in [-0.3, -0.25) is 71.9 Å². The molecule has 4 aromatic carbocycles. The quantitative estimate of drug-likeness (QED) is 0.0191. The Labute approximate surface area is 608 Å². The molecule has 0 aliphatic heterocycles. The highest BCUT2D eigenvalue weighted by Gasteiger charge is 2.37. The average Bonchev–Trinajstić information content (AvgIpc) is 0.863. The lowest BCUT2D eigenvalue weighted by Gasteiger charge is -2.27. The van der Waals surface area contributed by atoms with Gasteiger partial charge >= 0.3 is 11.9 Å². The van der Waals surface area contributed by atoms with Gasteiger partial charge in [-0.25, -0.2) is 0 Å². The summed E-state index contributed by atoms with van der Waals surface area (Å²) in [5.74, 6) is -17.2. The fraction of sp³-hybridized carbons (Fsp3) is 0.418. The van der Waals surface area contributed by atoms with Crippen molar-refractivity contribution in [2.24, 2.45) is 17.4 Å². The van der Waals surface area contributed by atoms with Crippen LogP contribution in [0.25, 0.3) is 0 Å². The number of thioether (sulfide) groups is 1. The number of carboxylic acids is 2. The molecule has 558 valence electrons. The van der Waals surface area contributed by atoms with Gasteiger partial charge in [0.25, 0.3) is 0 Å². The predicted molar refractivity (Wildman–Crippen MR) is 382 cm³/mol. The molecule has 0 saturated carbocycles. The summed E-state index contributed by atoms with van der Waals surface area (Å²) in [6.45, 7) is 3.00. The van der Waals surface area contributed by atoms with E-state index in [2.05, 4.69) is 89.1 Å². The van der Waals surface area contributed by atoms with Crippen LogP contribution in [0.5, 0.6) is 11.5 Å². The van der Waals surface area contributed by atoms with Crippen LogP contribution in [0.2, 0.25) is 0 Å². The van der Waals surface area contributed by atoms with Crippen molar-refractivity contribution in [3.8, 4) is 11.5 Å². The fourth-order valence-corrected chi connectivity index (χ4v) is 10.8. The molecule has 4 aromatic rings. The maximum Gasteiger partial charge on any atom is 0.305 e. The maximum absolute atomic E-state index is 14.5. The number of carboxylic acid groups (broad SMARTS) is 2. The monoisotopic (exact) mass is 1490 g/mol. The minimum absolute atomic E-state index is 0.0203. The number of thiol groups is 2. The minimum atomic E-state index is -1.86. The minimum Gasteiger partial charge on any atom is -0.508 e. The van der Waals surface area contributed by atoms with Gasteiger partial charge in [0, 0.05) is 37.2 Å². The highest BCUT2D eigenvalue weighted by Crippen LogP contribution is 2.16. The molecule has 0 spiro atoms. The third-order valence-corrected chi connectivity index (χ3v) is 16.8. The van der Waals surface area contributed by atoms with Crippen LogP contribution in [-0.4, -0.2) is 212 Å². The number of carbonyl (C=O) groups is 15. The van der Waals surface area contributed by atoms with E-state index in [1.807, 2.05) is 0 Å². The van der Waals surface area contributed by atoms with Crippen LogP contribution in [0, 0.1) is 5.92 Å². The highest BCUT2D eigenvalue weighted by atomic mass is 32.2. The van der Waals surface area contributed by atoms with Crippen molar-refractivity contribution in [2.75, 3.05) is 36.6 Å². The predicted octanol–water partition coefficient (Wildman–Crippen LogP) is -3.50. The van der Waals surface area contributed by atoms with Crippen LogP contribution in [0.1, 0.15) is 62.3 Å². The van der Waals surface area contributed by atoms with Gasteiger partial charge < -0.3 is 95.7 Å². The Balaban J connectivity index is 1.53. The second-order valence-corrected chi connectivity index (χ2v) is 25.6. The number of carbonyl (C=O) groups excluding carboxylic acids is 13. The molecular weight excluding hydrogens is 1400 g/mol. The largest absolute Gasteiger partial charge is 0.508 e. The molecule has 0 unspecified atom stereocenters. The van der Waals surface area contributed by atoms with Crippen molar-refractivity contribution in [2.45, 2.75) is 132 Å². The molecule has 0 radical (unpaired) electrons. The van der Waals surface area contributed by atoms with Crippen molar-refractivity contribution >= 4 is 126 Å². The van der Waals surface area contributed by atoms with Gasteiger partial charge in [0.2, 0.25) is 76.8 Å². The summed E-state index contributed by atoms with van der Waals surface area (Å²) in [4.78, 5) is 201. The number of hydrogen-bond donors (Lipinski definition) is 20. The molecule has 0 aromatic heterocycles. The first-order valence-electron chi connectivity index (χ1n) is 32.2. The van der Waals surface area contributed by atoms with Crippen LogP contribution in [0.4, 0.5) is 0 Å². The molecule has 0 bridgehead atoms. The number of benzene rings is 4. The average molecular weight is 1490 g/mol. The van der Waals surface area contributed by atoms with E-state index in [9.17, 15) is 92.3 Å². The molecule has 36 heteroatoms. The van der Waals surface area contributed by atoms with Gasteiger partial charge in [0.15, 0.2) is 0 Å². The zero-order valence-electron chi connectivity index (χ0n) is 56.7. The zero-order valence-corrected chi connectivity index (χ0v) is 59.3. The molecule has 33 nitrogen and oxygen atoms in total. The summed E-state index contributed by atoms with van der Waals surface area (Å²) >= 11 is 9.70. The van der Waals surface area contributed by atoms with E-state index in [0.717, 1.165) is 0 Å². The van der Waals surface area contributed by atoms with Crippen LogP contribution < -0.4 is 75.3 Å². The molecule has 0 aliphatic carbocycles. The molecule has 20 N–H and O–H groups in total. The number of aliphatic carboxylic acids is 2. The van der Waals surface area contributed by atoms with Gasteiger partial charge in [0.05, 0.1) is 25.9 Å². The molecule has 11 atom stereocenters. The number of amides is 13. The van der Waals surface area contributed by atoms with Crippen LogP contribution >= 0.6 is 37.0 Å². The van der Waals surface area contributed by atoms with Gasteiger partial charge in [-0.05, 0) is 77.8 Å². The Bertz CT molecular complexity index is 3600. The maximum atomic E-state index is 14.5. The topological polar surface area (TPSA) is 533 Å². The number of nitrogens with two attached hydrogens (primary N) is 2. The molecule has 4 rings (SSSR count). The lowest BCUT2D eigenvalue weighted by atomic mass is 10.0.